The van der Waals surface area contributed by atoms with Crippen LogP contribution < -0.4 is 4.74 Å². The molecule has 5 rings (SSSR count). The summed E-state index contributed by atoms with van der Waals surface area (Å²) in [7, 11) is 0. The molecule has 1 atom stereocenters. The van der Waals surface area contributed by atoms with E-state index in [-0.39, 0.29) is 17.9 Å². The van der Waals surface area contributed by atoms with Crippen LogP contribution >= 0.6 is 11.6 Å². The van der Waals surface area contributed by atoms with Crippen LogP contribution in [0.2, 0.25) is 5.02 Å². The highest BCUT2D eigenvalue weighted by molar-refractivity contribution is 6.30. The Labute approximate surface area is 199 Å². The highest BCUT2D eigenvalue weighted by Gasteiger charge is 2.36. The topological polar surface area (TPSA) is 56.6 Å². The minimum absolute atomic E-state index is 0.0952. The first-order chi connectivity index (χ1) is 16.1. The van der Waals surface area contributed by atoms with Gasteiger partial charge in [0.25, 0.3) is 0 Å². The molecule has 2 fully saturated rings. The van der Waals surface area contributed by atoms with E-state index in [1.165, 1.54) is 0 Å². The molecule has 3 aromatic rings. The Hall–Kier alpha value is -2.83. The molecule has 2 aliphatic rings. The van der Waals surface area contributed by atoms with Crippen LogP contribution in [0.15, 0.2) is 54.6 Å². The lowest BCUT2D eigenvalue weighted by Crippen LogP contribution is -2.38. The van der Waals surface area contributed by atoms with E-state index in [0.717, 1.165) is 49.2 Å². The van der Waals surface area contributed by atoms with Crippen LogP contribution in [-0.4, -0.2) is 39.8 Å². The van der Waals surface area contributed by atoms with Crippen LogP contribution in [0.3, 0.4) is 0 Å². The second-order valence-corrected chi connectivity index (χ2v) is 9.24. The lowest BCUT2D eigenvalue weighted by molar-refractivity contribution is -0.134. The Bertz CT molecular complexity index is 1100. The van der Waals surface area contributed by atoms with Gasteiger partial charge >= 0.3 is 0 Å². The third-order valence-electron chi connectivity index (χ3n) is 6.20. The number of amides is 1. The predicted molar refractivity (Wildman–Crippen MR) is 127 cm³/mol. The maximum atomic E-state index is 13.2. The second-order valence-electron chi connectivity index (χ2n) is 8.80. The molecule has 1 amide bonds. The third kappa shape index (κ3) is 5.07. The van der Waals surface area contributed by atoms with Crippen LogP contribution in [0.25, 0.3) is 5.69 Å². The molecule has 1 aliphatic heterocycles. The smallest absolute Gasteiger partial charge is 0.227 e. The van der Waals surface area contributed by atoms with Gasteiger partial charge in [-0.1, -0.05) is 29.8 Å². The van der Waals surface area contributed by atoms with Crippen molar-refractivity contribution in [3.8, 4) is 17.3 Å². The lowest BCUT2D eigenvalue weighted by Gasteiger charge is -2.26. The Morgan fingerprint density at radius 2 is 1.91 bits per heavy atom. The molecule has 1 saturated heterocycles. The standard InChI is InChI=1S/C26H28ClN3O3/c1-18-24(17-29(25(31)19-9-10-19)16-23-8-5-15-32-23)26(33-22-13-11-20(27)12-14-22)30(28-18)21-6-3-2-4-7-21/h2-4,6-7,11-14,19,23H,5,8-10,15-17H2,1H3/t23-/m0/s1. The summed E-state index contributed by atoms with van der Waals surface area (Å²) in [6, 6.07) is 17.2. The average Bonchev–Trinajstić information content (AvgIpc) is 3.48. The number of halogens is 1. The molecule has 0 N–H and O–H groups in total. The van der Waals surface area contributed by atoms with E-state index in [1.54, 1.807) is 12.1 Å². The fourth-order valence-corrected chi connectivity index (χ4v) is 4.36. The van der Waals surface area contributed by atoms with E-state index in [2.05, 4.69) is 0 Å². The fourth-order valence-electron chi connectivity index (χ4n) is 4.23. The maximum absolute atomic E-state index is 13.2. The highest BCUT2D eigenvalue weighted by Crippen LogP contribution is 2.35. The molecule has 0 bridgehead atoms. The number of hydrogen-bond donors (Lipinski definition) is 0. The Kier molecular flexibility index (Phi) is 6.38. The summed E-state index contributed by atoms with van der Waals surface area (Å²) in [6.45, 7) is 3.78. The van der Waals surface area contributed by atoms with Crippen LogP contribution in [0, 0.1) is 12.8 Å². The summed E-state index contributed by atoms with van der Waals surface area (Å²) >= 11 is 6.07. The number of aromatic nitrogens is 2. The van der Waals surface area contributed by atoms with Crippen molar-refractivity contribution in [3.63, 3.8) is 0 Å². The summed E-state index contributed by atoms with van der Waals surface area (Å²) in [4.78, 5) is 15.1. The molecule has 7 heteroatoms. The van der Waals surface area contributed by atoms with Gasteiger partial charge in [-0.25, -0.2) is 4.68 Å². The third-order valence-corrected chi connectivity index (χ3v) is 6.45. The van der Waals surface area contributed by atoms with Crippen molar-refractivity contribution in [2.75, 3.05) is 13.2 Å². The molecule has 0 unspecified atom stereocenters. The van der Waals surface area contributed by atoms with Gasteiger partial charge in [0.15, 0.2) is 0 Å². The van der Waals surface area contributed by atoms with E-state index >= 15 is 0 Å². The zero-order valence-electron chi connectivity index (χ0n) is 18.7. The van der Waals surface area contributed by atoms with Crippen molar-refractivity contribution in [2.24, 2.45) is 5.92 Å². The average molecular weight is 466 g/mol. The van der Waals surface area contributed by atoms with Gasteiger partial charge in [0, 0.05) is 24.1 Å². The predicted octanol–water partition coefficient (Wildman–Crippen LogP) is 5.54. The minimum Gasteiger partial charge on any atom is -0.439 e. The zero-order chi connectivity index (χ0) is 22.8. The number of rotatable bonds is 8. The number of aryl methyl sites for hydroxylation is 1. The van der Waals surface area contributed by atoms with Gasteiger partial charge in [-0.3, -0.25) is 4.79 Å². The van der Waals surface area contributed by atoms with Gasteiger partial charge < -0.3 is 14.4 Å². The van der Waals surface area contributed by atoms with E-state index in [9.17, 15) is 4.79 Å². The first kappa shape index (κ1) is 22.0. The molecule has 1 saturated carbocycles. The van der Waals surface area contributed by atoms with Gasteiger partial charge in [-0.15, -0.1) is 0 Å². The molecule has 0 spiro atoms. The number of carbonyl (C=O) groups excluding carboxylic acids is 1. The van der Waals surface area contributed by atoms with E-state index in [1.807, 2.05) is 59.0 Å². The van der Waals surface area contributed by atoms with Gasteiger partial charge in [-0.2, -0.15) is 5.10 Å². The second kappa shape index (κ2) is 9.57. The van der Waals surface area contributed by atoms with E-state index in [4.69, 9.17) is 26.2 Å². The normalized spacial score (nSPS) is 17.8. The monoisotopic (exact) mass is 465 g/mol. The number of benzene rings is 2. The fraction of sp³-hybridized carbons (Fsp3) is 0.385. The van der Waals surface area contributed by atoms with Gasteiger partial charge in [-0.05, 0) is 69.0 Å². The maximum Gasteiger partial charge on any atom is 0.227 e. The minimum atomic E-state index is 0.0952. The number of ether oxygens (including phenoxy) is 2. The number of para-hydroxylation sites is 1. The molecule has 2 heterocycles. The summed E-state index contributed by atoms with van der Waals surface area (Å²) in [5, 5.41) is 5.44. The summed E-state index contributed by atoms with van der Waals surface area (Å²) in [5.41, 5.74) is 2.64. The molecular weight excluding hydrogens is 438 g/mol. The number of nitrogens with zero attached hydrogens (tertiary/aromatic N) is 3. The first-order valence-corrected chi connectivity index (χ1v) is 11.9. The van der Waals surface area contributed by atoms with Crippen molar-refractivity contribution in [1.29, 1.82) is 0 Å². The largest absolute Gasteiger partial charge is 0.439 e. The van der Waals surface area contributed by atoms with Crippen molar-refractivity contribution < 1.29 is 14.3 Å². The SMILES string of the molecule is Cc1nn(-c2ccccc2)c(Oc2ccc(Cl)cc2)c1CN(C[C@@H]1CCCO1)C(=O)C1CC1. The Balaban J connectivity index is 1.51. The molecule has 2 aromatic carbocycles. The number of carbonyl (C=O) groups is 1. The van der Waals surface area contributed by atoms with Gasteiger partial charge in [0.2, 0.25) is 11.8 Å². The van der Waals surface area contributed by atoms with Crippen molar-refractivity contribution >= 4 is 17.5 Å². The summed E-state index contributed by atoms with van der Waals surface area (Å²) < 4.78 is 14.0. The summed E-state index contributed by atoms with van der Waals surface area (Å²) in [6.07, 6.45) is 4.07. The van der Waals surface area contributed by atoms with Crippen LogP contribution in [0.1, 0.15) is 36.9 Å². The number of hydrogen-bond acceptors (Lipinski definition) is 4. The summed E-state index contributed by atoms with van der Waals surface area (Å²) in [5.74, 6) is 1.62. The highest BCUT2D eigenvalue weighted by atomic mass is 35.5. The van der Waals surface area contributed by atoms with Crippen LogP contribution in [-0.2, 0) is 16.1 Å². The zero-order valence-corrected chi connectivity index (χ0v) is 19.5. The molecule has 172 valence electrons. The van der Waals surface area contributed by atoms with Crippen molar-refractivity contribution in [3.05, 3.63) is 70.9 Å². The molecule has 1 aliphatic carbocycles. The van der Waals surface area contributed by atoms with Gasteiger partial charge in [0.1, 0.15) is 5.75 Å². The molecular formula is C26H28ClN3O3. The molecule has 0 radical (unpaired) electrons. The first-order valence-electron chi connectivity index (χ1n) is 11.6. The van der Waals surface area contributed by atoms with E-state index < -0.39 is 0 Å². The van der Waals surface area contributed by atoms with Crippen LogP contribution in [0.4, 0.5) is 0 Å². The van der Waals surface area contributed by atoms with Crippen molar-refractivity contribution in [2.45, 2.75) is 45.3 Å². The lowest BCUT2D eigenvalue weighted by atomic mass is 10.1. The van der Waals surface area contributed by atoms with Crippen LogP contribution in [0.5, 0.6) is 11.6 Å². The molecule has 33 heavy (non-hydrogen) atoms. The van der Waals surface area contributed by atoms with Gasteiger partial charge in [0.05, 0.1) is 29.6 Å². The quantitative estimate of drug-likeness (QED) is 0.438. The molecule has 1 aromatic heterocycles. The Morgan fingerprint density at radius 3 is 2.58 bits per heavy atom. The van der Waals surface area contributed by atoms with Crippen molar-refractivity contribution in [1.82, 2.24) is 14.7 Å². The Morgan fingerprint density at radius 1 is 1.15 bits per heavy atom. The van der Waals surface area contributed by atoms with E-state index in [0.29, 0.717) is 29.7 Å². The molecule has 6 nitrogen and oxygen atoms in total.